The third kappa shape index (κ3) is 6.55. The Morgan fingerprint density at radius 2 is 2.00 bits per heavy atom. The molecule has 0 radical (unpaired) electrons. The predicted molar refractivity (Wildman–Crippen MR) is 90.3 cm³/mol. The lowest BCUT2D eigenvalue weighted by atomic mass is 10.1. The number of methoxy groups -OCH3 is 1. The molecule has 1 aromatic rings. The summed E-state index contributed by atoms with van der Waals surface area (Å²) in [6, 6.07) is 1.93. The van der Waals surface area contributed by atoms with Crippen LogP contribution in [-0.4, -0.2) is 37.5 Å². The molecule has 4 N–H and O–H groups in total. The number of thiophene rings is 1. The molecule has 0 aliphatic heterocycles. The Kier molecular flexibility index (Phi) is 9.47. The number of nitrogens with two attached hydrogens (primary N) is 1. The Labute approximate surface area is 145 Å². The van der Waals surface area contributed by atoms with Crippen LogP contribution in [0.3, 0.4) is 0 Å². The number of carbonyl (C=O) groups excluding carboxylic acids is 3. The minimum atomic E-state index is -0.881. The molecule has 7 nitrogen and oxygen atoms in total. The fourth-order valence-corrected chi connectivity index (χ4v) is 2.38. The lowest BCUT2D eigenvalue weighted by molar-refractivity contribution is -0.145. The summed E-state index contributed by atoms with van der Waals surface area (Å²) < 4.78 is 4.68. The van der Waals surface area contributed by atoms with E-state index in [1.165, 1.54) is 18.4 Å². The first-order valence-corrected chi connectivity index (χ1v) is 7.68. The van der Waals surface area contributed by atoms with Crippen molar-refractivity contribution in [2.24, 2.45) is 11.7 Å². The quantitative estimate of drug-likeness (QED) is 0.614. The SMILES string of the molecule is COC(=O)C(NC(=O)CNC(=O)[C@@H](N)C(C)C)c1cccs1.Cl. The molecule has 1 heterocycles. The number of nitrogens with one attached hydrogen (secondary N) is 2. The van der Waals surface area contributed by atoms with Gasteiger partial charge < -0.3 is 21.1 Å². The lowest BCUT2D eigenvalue weighted by Gasteiger charge is -2.17. The zero-order valence-electron chi connectivity index (χ0n) is 13.2. The van der Waals surface area contributed by atoms with Gasteiger partial charge in [0.05, 0.1) is 19.7 Å². The molecule has 1 unspecified atom stereocenters. The van der Waals surface area contributed by atoms with Gasteiger partial charge in [0.25, 0.3) is 0 Å². The number of carbonyl (C=O) groups is 3. The third-order valence-corrected chi connectivity index (χ3v) is 3.95. The van der Waals surface area contributed by atoms with Gasteiger partial charge in [-0.1, -0.05) is 19.9 Å². The normalized spacial score (nSPS) is 12.7. The number of esters is 1. The van der Waals surface area contributed by atoms with Crippen molar-refractivity contribution in [1.82, 2.24) is 10.6 Å². The molecule has 0 bridgehead atoms. The summed E-state index contributed by atoms with van der Waals surface area (Å²) in [5, 5.41) is 6.77. The van der Waals surface area contributed by atoms with Crippen molar-refractivity contribution in [3.8, 4) is 0 Å². The first kappa shape index (κ1) is 21.4. The van der Waals surface area contributed by atoms with E-state index in [0.29, 0.717) is 4.88 Å². The Morgan fingerprint density at radius 1 is 1.35 bits per heavy atom. The van der Waals surface area contributed by atoms with E-state index in [0.717, 1.165) is 0 Å². The molecule has 1 rings (SSSR count). The van der Waals surface area contributed by atoms with Gasteiger partial charge in [-0.25, -0.2) is 4.79 Å². The van der Waals surface area contributed by atoms with Crippen LogP contribution < -0.4 is 16.4 Å². The van der Waals surface area contributed by atoms with Gasteiger partial charge in [-0.15, -0.1) is 23.7 Å². The van der Waals surface area contributed by atoms with Crippen molar-refractivity contribution in [3.05, 3.63) is 22.4 Å². The number of ether oxygens (including phenoxy) is 1. The highest BCUT2D eigenvalue weighted by molar-refractivity contribution is 7.10. The van der Waals surface area contributed by atoms with E-state index in [-0.39, 0.29) is 24.9 Å². The van der Waals surface area contributed by atoms with Crippen molar-refractivity contribution in [2.45, 2.75) is 25.9 Å². The molecular formula is C14H22ClN3O4S. The van der Waals surface area contributed by atoms with E-state index in [1.807, 2.05) is 13.8 Å². The maximum Gasteiger partial charge on any atom is 0.333 e. The first-order chi connectivity index (χ1) is 10.4. The van der Waals surface area contributed by atoms with Gasteiger partial charge >= 0.3 is 5.97 Å². The van der Waals surface area contributed by atoms with E-state index in [1.54, 1.807) is 17.5 Å². The number of amides is 2. The smallest absolute Gasteiger partial charge is 0.333 e. The Bertz CT molecular complexity index is 522. The molecule has 0 aliphatic rings. The van der Waals surface area contributed by atoms with Gasteiger partial charge in [-0.05, 0) is 17.4 Å². The van der Waals surface area contributed by atoms with Crippen LogP contribution in [0.25, 0.3) is 0 Å². The number of hydrogen-bond acceptors (Lipinski definition) is 6. The third-order valence-electron chi connectivity index (χ3n) is 3.01. The van der Waals surface area contributed by atoms with Crippen LogP contribution in [0.2, 0.25) is 0 Å². The van der Waals surface area contributed by atoms with Gasteiger partial charge in [0.2, 0.25) is 11.8 Å². The number of hydrogen-bond donors (Lipinski definition) is 3. The van der Waals surface area contributed by atoms with Crippen LogP contribution in [0.5, 0.6) is 0 Å². The summed E-state index contributed by atoms with van der Waals surface area (Å²) in [6.45, 7) is 3.38. The summed E-state index contributed by atoms with van der Waals surface area (Å²) in [4.78, 5) is 36.0. The van der Waals surface area contributed by atoms with Crippen molar-refractivity contribution < 1.29 is 19.1 Å². The van der Waals surface area contributed by atoms with Gasteiger partial charge in [-0.2, -0.15) is 0 Å². The summed E-state index contributed by atoms with van der Waals surface area (Å²) in [5.74, 6) is -1.50. The molecule has 0 spiro atoms. The van der Waals surface area contributed by atoms with Crippen molar-refractivity contribution >= 4 is 41.5 Å². The molecule has 0 aromatic carbocycles. The number of halogens is 1. The summed E-state index contributed by atoms with van der Waals surface area (Å²) in [5.41, 5.74) is 5.68. The lowest BCUT2D eigenvalue weighted by Crippen LogP contribution is -2.48. The summed E-state index contributed by atoms with van der Waals surface area (Å²) >= 11 is 1.33. The molecule has 0 saturated heterocycles. The molecule has 2 amide bonds. The van der Waals surface area contributed by atoms with Crippen molar-refractivity contribution in [1.29, 1.82) is 0 Å². The monoisotopic (exact) mass is 363 g/mol. The van der Waals surface area contributed by atoms with Gasteiger partial charge in [0, 0.05) is 4.88 Å². The summed E-state index contributed by atoms with van der Waals surface area (Å²) in [6.07, 6.45) is 0. The second-order valence-corrected chi connectivity index (χ2v) is 6.01. The van der Waals surface area contributed by atoms with Gasteiger partial charge in [0.15, 0.2) is 6.04 Å². The molecule has 2 atom stereocenters. The zero-order chi connectivity index (χ0) is 16.7. The topological polar surface area (TPSA) is 111 Å². The molecule has 130 valence electrons. The van der Waals surface area contributed by atoms with Crippen LogP contribution in [-0.2, 0) is 19.1 Å². The Balaban J connectivity index is 0.00000484. The van der Waals surface area contributed by atoms with E-state index >= 15 is 0 Å². The van der Waals surface area contributed by atoms with E-state index < -0.39 is 29.9 Å². The first-order valence-electron chi connectivity index (χ1n) is 6.80. The Hall–Kier alpha value is -1.64. The standard InChI is InChI=1S/C14H21N3O4S.ClH/c1-8(2)11(15)13(19)16-7-10(18)17-12(14(20)21-3)9-5-4-6-22-9;/h4-6,8,11-12H,7,15H2,1-3H3,(H,16,19)(H,17,18);1H/t11-,12?;/m0./s1. The minimum absolute atomic E-state index is 0. The van der Waals surface area contributed by atoms with Crippen LogP contribution in [0.1, 0.15) is 24.8 Å². The minimum Gasteiger partial charge on any atom is -0.467 e. The van der Waals surface area contributed by atoms with Gasteiger partial charge in [0.1, 0.15) is 0 Å². The molecular weight excluding hydrogens is 342 g/mol. The second-order valence-electron chi connectivity index (χ2n) is 5.03. The van der Waals surface area contributed by atoms with Crippen LogP contribution in [0, 0.1) is 5.92 Å². The molecule has 23 heavy (non-hydrogen) atoms. The molecule has 0 fully saturated rings. The van der Waals surface area contributed by atoms with Crippen molar-refractivity contribution in [3.63, 3.8) is 0 Å². The maximum absolute atomic E-state index is 11.9. The van der Waals surface area contributed by atoms with Crippen LogP contribution >= 0.6 is 23.7 Å². The molecule has 0 aliphatic carbocycles. The fraction of sp³-hybridized carbons (Fsp3) is 0.500. The highest BCUT2D eigenvalue weighted by atomic mass is 35.5. The van der Waals surface area contributed by atoms with E-state index in [9.17, 15) is 14.4 Å². The Morgan fingerprint density at radius 3 is 2.48 bits per heavy atom. The average Bonchev–Trinajstić information content (AvgIpc) is 3.02. The largest absolute Gasteiger partial charge is 0.467 e. The fourth-order valence-electron chi connectivity index (χ4n) is 1.62. The highest BCUT2D eigenvalue weighted by Crippen LogP contribution is 2.19. The predicted octanol–water partition coefficient (Wildman–Crippen LogP) is 0.600. The molecule has 9 heteroatoms. The van der Waals surface area contributed by atoms with E-state index in [4.69, 9.17) is 5.73 Å². The second kappa shape index (κ2) is 10.2. The highest BCUT2D eigenvalue weighted by Gasteiger charge is 2.25. The van der Waals surface area contributed by atoms with E-state index in [2.05, 4.69) is 15.4 Å². The number of rotatable bonds is 7. The van der Waals surface area contributed by atoms with Crippen LogP contribution in [0.4, 0.5) is 0 Å². The summed E-state index contributed by atoms with van der Waals surface area (Å²) in [7, 11) is 1.25. The van der Waals surface area contributed by atoms with Gasteiger partial charge in [-0.3, -0.25) is 9.59 Å². The van der Waals surface area contributed by atoms with Crippen molar-refractivity contribution in [2.75, 3.05) is 13.7 Å². The zero-order valence-corrected chi connectivity index (χ0v) is 14.8. The molecule has 0 saturated carbocycles. The molecule has 1 aromatic heterocycles. The average molecular weight is 364 g/mol. The maximum atomic E-state index is 11.9. The van der Waals surface area contributed by atoms with Crippen LogP contribution in [0.15, 0.2) is 17.5 Å².